The highest BCUT2D eigenvalue weighted by Crippen LogP contribution is 2.34. The molecule has 0 bridgehead atoms. The molecule has 5 heteroatoms. The molecule has 1 saturated heterocycles. The Bertz CT molecular complexity index is 1020. The van der Waals surface area contributed by atoms with Crippen LogP contribution in [0.3, 0.4) is 0 Å². The van der Waals surface area contributed by atoms with Crippen molar-refractivity contribution >= 4 is 33.2 Å². The van der Waals surface area contributed by atoms with E-state index in [2.05, 4.69) is 30.3 Å². The fourth-order valence-electron chi connectivity index (χ4n) is 4.00. The van der Waals surface area contributed by atoms with Crippen LogP contribution in [0.4, 0.5) is 0 Å². The molecule has 150 valence electrons. The molecule has 0 saturated carbocycles. The third-order valence-corrected chi connectivity index (χ3v) is 6.98. The number of fused-ring (bicyclic) bond motifs is 1. The van der Waals surface area contributed by atoms with Crippen molar-refractivity contribution in [2.45, 2.75) is 38.8 Å². The molecule has 4 nitrogen and oxygen atoms in total. The number of aryl methyl sites for hydroxylation is 1. The van der Waals surface area contributed by atoms with Crippen LogP contribution in [0.2, 0.25) is 0 Å². The number of thiophene rings is 1. The zero-order valence-corrected chi connectivity index (χ0v) is 18.0. The number of likely N-dealkylation sites (tertiary alicyclic amines) is 1. The quantitative estimate of drug-likeness (QED) is 0.630. The summed E-state index contributed by atoms with van der Waals surface area (Å²) in [4.78, 5) is 30.7. The van der Waals surface area contributed by atoms with E-state index < -0.39 is 5.54 Å². The molecule has 0 spiro atoms. The van der Waals surface area contributed by atoms with Crippen LogP contribution in [0.15, 0.2) is 54.6 Å². The summed E-state index contributed by atoms with van der Waals surface area (Å²) in [7, 11) is 1.82. The minimum Gasteiger partial charge on any atom is -0.339 e. The number of carbonyl (C=O) groups is 2. The monoisotopic (exact) mass is 406 g/mol. The summed E-state index contributed by atoms with van der Waals surface area (Å²) in [5.41, 5.74) is 1.55. The largest absolute Gasteiger partial charge is 0.339 e. The van der Waals surface area contributed by atoms with Gasteiger partial charge in [-0.15, -0.1) is 11.3 Å². The highest BCUT2D eigenvalue weighted by Gasteiger charge is 2.50. The van der Waals surface area contributed by atoms with Gasteiger partial charge in [-0.3, -0.25) is 9.59 Å². The summed E-state index contributed by atoms with van der Waals surface area (Å²) in [6.45, 7) is 5.14. The lowest BCUT2D eigenvalue weighted by atomic mass is 9.84. The average Bonchev–Trinajstić information content (AvgIpc) is 3.09. The van der Waals surface area contributed by atoms with E-state index in [1.54, 1.807) is 21.1 Å². The van der Waals surface area contributed by atoms with E-state index in [9.17, 15) is 9.59 Å². The second kappa shape index (κ2) is 7.64. The van der Waals surface area contributed by atoms with Gasteiger partial charge in [-0.25, -0.2) is 0 Å². The fraction of sp³-hybridized carbons (Fsp3) is 0.333. The smallest absolute Gasteiger partial charge is 0.248 e. The SMILES string of the molecule is Cc1ccc(CN(C)C(=O)C2(C)CCN2C(=O)Cc2cc3ccccc3s2)cc1. The van der Waals surface area contributed by atoms with Gasteiger partial charge in [0.1, 0.15) is 5.54 Å². The number of benzene rings is 2. The van der Waals surface area contributed by atoms with Gasteiger partial charge in [-0.05, 0) is 43.4 Å². The van der Waals surface area contributed by atoms with Crippen LogP contribution < -0.4 is 0 Å². The lowest BCUT2D eigenvalue weighted by Crippen LogP contribution is -2.67. The lowest BCUT2D eigenvalue weighted by molar-refractivity contribution is -0.163. The number of carbonyl (C=O) groups excluding carboxylic acids is 2. The molecule has 0 radical (unpaired) electrons. The number of hydrogen-bond donors (Lipinski definition) is 0. The number of nitrogens with zero attached hydrogens (tertiary/aromatic N) is 2. The zero-order valence-electron chi connectivity index (χ0n) is 17.1. The Hall–Kier alpha value is -2.66. The van der Waals surface area contributed by atoms with Crippen molar-refractivity contribution in [2.75, 3.05) is 13.6 Å². The molecule has 2 aromatic carbocycles. The number of amides is 2. The van der Waals surface area contributed by atoms with E-state index in [1.807, 2.05) is 45.2 Å². The maximum Gasteiger partial charge on any atom is 0.248 e. The topological polar surface area (TPSA) is 40.6 Å². The number of likely N-dealkylation sites (N-methyl/N-ethyl adjacent to an activating group) is 1. The molecule has 2 amide bonds. The van der Waals surface area contributed by atoms with Gasteiger partial charge in [0.2, 0.25) is 11.8 Å². The standard InChI is InChI=1S/C24H26N2O2S/c1-17-8-10-18(11-9-17)16-25(3)23(28)24(2)12-13-26(24)22(27)15-20-14-19-6-4-5-7-21(19)29-20/h4-11,14H,12-13,15-16H2,1-3H3. The lowest BCUT2D eigenvalue weighted by Gasteiger charge is -2.50. The third kappa shape index (κ3) is 3.79. The van der Waals surface area contributed by atoms with Gasteiger partial charge in [0.25, 0.3) is 0 Å². The van der Waals surface area contributed by atoms with Crippen molar-refractivity contribution in [2.24, 2.45) is 0 Å². The first-order valence-electron chi connectivity index (χ1n) is 9.96. The predicted molar refractivity (Wildman–Crippen MR) is 118 cm³/mol. The van der Waals surface area contributed by atoms with E-state index in [1.165, 1.54) is 15.6 Å². The molecule has 0 N–H and O–H groups in total. The summed E-state index contributed by atoms with van der Waals surface area (Å²) < 4.78 is 1.19. The van der Waals surface area contributed by atoms with Crippen molar-refractivity contribution in [3.05, 3.63) is 70.6 Å². The van der Waals surface area contributed by atoms with Crippen LogP contribution in [0, 0.1) is 6.92 Å². The summed E-state index contributed by atoms with van der Waals surface area (Å²) >= 11 is 1.65. The Labute approximate surface area is 175 Å². The molecule has 1 aromatic heterocycles. The Morgan fingerprint density at radius 1 is 1.14 bits per heavy atom. The van der Waals surface area contributed by atoms with Crippen LogP contribution in [0.5, 0.6) is 0 Å². The summed E-state index contributed by atoms with van der Waals surface area (Å²) in [5, 5.41) is 1.17. The Kier molecular flexibility index (Phi) is 5.17. The summed E-state index contributed by atoms with van der Waals surface area (Å²) in [5.74, 6) is 0.0383. The molecule has 1 aliphatic heterocycles. The molecule has 1 atom stereocenters. The molecule has 1 aliphatic rings. The third-order valence-electron chi connectivity index (χ3n) is 5.87. The zero-order chi connectivity index (χ0) is 20.6. The molecule has 0 aliphatic carbocycles. The van der Waals surface area contributed by atoms with Crippen LogP contribution >= 0.6 is 11.3 Å². The van der Waals surface area contributed by atoms with Crippen LogP contribution in [-0.4, -0.2) is 40.7 Å². The van der Waals surface area contributed by atoms with E-state index in [4.69, 9.17) is 0 Å². The highest BCUT2D eigenvalue weighted by molar-refractivity contribution is 7.19. The minimum atomic E-state index is -0.743. The molecule has 4 rings (SSSR count). The second-order valence-corrected chi connectivity index (χ2v) is 9.31. The van der Waals surface area contributed by atoms with Crippen molar-refractivity contribution in [3.8, 4) is 0 Å². The molecule has 1 fully saturated rings. The first-order valence-corrected chi connectivity index (χ1v) is 10.8. The molecule has 2 heterocycles. The first-order chi connectivity index (χ1) is 13.9. The molecule has 3 aromatic rings. The van der Waals surface area contributed by atoms with E-state index in [0.717, 1.165) is 10.4 Å². The van der Waals surface area contributed by atoms with Gasteiger partial charge in [0.15, 0.2) is 0 Å². The van der Waals surface area contributed by atoms with Crippen LogP contribution in [0.1, 0.15) is 29.3 Å². The Morgan fingerprint density at radius 2 is 1.86 bits per heavy atom. The van der Waals surface area contributed by atoms with Gasteiger partial charge in [0.05, 0.1) is 6.42 Å². The van der Waals surface area contributed by atoms with Gasteiger partial charge in [0, 0.05) is 29.7 Å². The first kappa shape index (κ1) is 19.6. The predicted octanol–water partition coefficient (Wildman–Crippen LogP) is 4.40. The van der Waals surface area contributed by atoms with Crippen molar-refractivity contribution in [3.63, 3.8) is 0 Å². The normalized spacial score (nSPS) is 18.5. The van der Waals surface area contributed by atoms with Crippen LogP contribution in [-0.2, 0) is 22.6 Å². The van der Waals surface area contributed by atoms with E-state index in [-0.39, 0.29) is 11.8 Å². The number of hydrogen-bond acceptors (Lipinski definition) is 3. The summed E-state index contributed by atoms with van der Waals surface area (Å²) in [6, 6.07) is 18.5. The highest BCUT2D eigenvalue weighted by atomic mass is 32.1. The fourth-order valence-corrected chi connectivity index (χ4v) is 5.06. The van der Waals surface area contributed by atoms with Gasteiger partial charge < -0.3 is 9.80 Å². The van der Waals surface area contributed by atoms with Gasteiger partial charge in [-0.1, -0.05) is 48.0 Å². The van der Waals surface area contributed by atoms with Crippen LogP contribution in [0.25, 0.3) is 10.1 Å². The van der Waals surface area contributed by atoms with Gasteiger partial charge >= 0.3 is 0 Å². The molecule has 1 unspecified atom stereocenters. The van der Waals surface area contributed by atoms with E-state index in [0.29, 0.717) is 25.9 Å². The molecule has 29 heavy (non-hydrogen) atoms. The maximum atomic E-state index is 13.2. The maximum absolute atomic E-state index is 13.2. The molecular weight excluding hydrogens is 380 g/mol. The van der Waals surface area contributed by atoms with Gasteiger partial charge in [-0.2, -0.15) is 0 Å². The van der Waals surface area contributed by atoms with Crippen molar-refractivity contribution < 1.29 is 9.59 Å². The van der Waals surface area contributed by atoms with Crippen molar-refractivity contribution in [1.29, 1.82) is 0 Å². The summed E-state index contributed by atoms with van der Waals surface area (Å²) in [6.07, 6.45) is 1.06. The average molecular weight is 407 g/mol. The van der Waals surface area contributed by atoms with Crippen molar-refractivity contribution in [1.82, 2.24) is 9.80 Å². The number of rotatable bonds is 5. The second-order valence-electron chi connectivity index (χ2n) is 8.14. The molecular formula is C24H26N2O2S. The minimum absolute atomic E-state index is 0.00835. The Balaban J connectivity index is 1.43. The Morgan fingerprint density at radius 3 is 2.52 bits per heavy atom. The van der Waals surface area contributed by atoms with E-state index >= 15 is 0 Å².